The molecule has 0 saturated heterocycles. The molecule has 1 rings (SSSR count). The molecule has 0 saturated carbocycles. The molecule has 1 heterocycles. The number of H-pyrrole nitrogens is 1. The van der Waals surface area contributed by atoms with Crippen molar-refractivity contribution in [3.63, 3.8) is 0 Å². The number of nitrogens with two attached hydrogens (primary N) is 1. The summed E-state index contributed by atoms with van der Waals surface area (Å²) in [5, 5.41) is 14.9. The van der Waals surface area contributed by atoms with Crippen LogP contribution in [-0.2, 0) is 0 Å². The second-order valence-electron chi connectivity index (χ2n) is 4.26. The van der Waals surface area contributed by atoms with Gasteiger partial charge in [0, 0.05) is 19.2 Å². The van der Waals surface area contributed by atoms with Crippen LogP contribution in [0.1, 0.15) is 30.8 Å². The molecule has 0 aliphatic carbocycles. The molecule has 6 nitrogen and oxygen atoms in total. The molecule has 6 heteroatoms. The van der Waals surface area contributed by atoms with Crippen molar-refractivity contribution in [2.75, 3.05) is 18.8 Å². The molecule has 0 aliphatic rings. The van der Waals surface area contributed by atoms with Crippen LogP contribution < -0.4 is 5.73 Å². The van der Waals surface area contributed by atoms with Crippen LogP contribution in [0.15, 0.2) is 6.07 Å². The molecular formula is C11H17N5O. The van der Waals surface area contributed by atoms with Crippen LogP contribution in [0.3, 0.4) is 0 Å². The maximum absolute atomic E-state index is 12.1. The van der Waals surface area contributed by atoms with Crippen molar-refractivity contribution < 1.29 is 4.79 Å². The fourth-order valence-corrected chi connectivity index (χ4v) is 1.52. The highest BCUT2D eigenvalue weighted by molar-refractivity contribution is 5.93. The lowest BCUT2D eigenvalue weighted by atomic mass is 10.2. The first-order chi connectivity index (χ1) is 8.04. The Bertz CT molecular complexity index is 418. The van der Waals surface area contributed by atoms with Gasteiger partial charge in [0.05, 0.1) is 12.5 Å². The van der Waals surface area contributed by atoms with E-state index in [0.717, 1.165) is 0 Å². The van der Waals surface area contributed by atoms with Gasteiger partial charge in [-0.3, -0.25) is 9.89 Å². The Morgan fingerprint density at radius 1 is 1.71 bits per heavy atom. The fourth-order valence-electron chi connectivity index (χ4n) is 1.52. The summed E-state index contributed by atoms with van der Waals surface area (Å²) in [5.74, 6) is 0.467. The van der Waals surface area contributed by atoms with Gasteiger partial charge in [-0.25, -0.2) is 0 Å². The smallest absolute Gasteiger partial charge is 0.271 e. The van der Waals surface area contributed by atoms with Gasteiger partial charge < -0.3 is 10.6 Å². The zero-order chi connectivity index (χ0) is 12.8. The fraction of sp³-hybridized carbons (Fsp3) is 0.545. The van der Waals surface area contributed by atoms with Gasteiger partial charge in [-0.1, -0.05) is 13.8 Å². The summed E-state index contributed by atoms with van der Waals surface area (Å²) in [6, 6.07) is 3.54. The molecule has 0 spiro atoms. The number of hydrogen-bond donors (Lipinski definition) is 2. The maximum atomic E-state index is 12.1. The van der Waals surface area contributed by atoms with Crippen molar-refractivity contribution in [1.82, 2.24) is 15.1 Å². The minimum Gasteiger partial charge on any atom is -0.382 e. The molecule has 0 aromatic carbocycles. The quantitative estimate of drug-likeness (QED) is 0.795. The first-order valence-corrected chi connectivity index (χ1v) is 5.51. The topological polar surface area (TPSA) is 98.8 Å². The highest BCUT2D eigenvalue weighted by atomic mass is 16.2. The van der Waals surface area contributed by atoms with Crippen molar-refractivity contribution >= 4 is 11.7 Å². The highest BCUT2D eigenvalue weighted by Crippen LogP contribution is 2.08. The van der Waals surface area contributed by atoms with Crippen LogP contribution in [0.5, 0.6) is 0 Å². The number of nitrogens with zero attached hydrogens (tertiary/aromatic N) is 3. The summed E-state index contributed by atoms with van der Waals surface area (Å²) >= 11 is 0. The van der Waals surface area contributed by atoms with E-state index in [2.05, 4.69) is 10.2 Å². The molecule has 0 atom stereocenters. The third kappa shape index (κ3) is 3.79. The van der Waals surface area contributed by atoms with Crippen LogP contribution in [-0.4, -0.2) is 34.1 Å². The van der Waals surface area contributed by atoms with Gasteiger partial charge >= 0.3 is 0 Å². The van der Waals surface area contributed by atoms with Gasteiger partial charge in [0.2, 0.25) is 0 Å². The Kier molecular flexibility index (Phi) is 4.52. The third-order valence-electron chi connectivity index (χ3n) is 2.19. The number of nitrogens with one attached hydrogen (secondary N) is 1. The lowest BCUT2D eigenvalue weighted by Gasteiger charge is -2.22. The van der Waals surface area contributed by atoms with Gasteiger partial charge in [-0.05, 0) is 5.92 Å². The Hall–Kier alpha value is -2.03. The second kappa shape index (κ2) is 5.89. The number of aromatic amines is 1. The zero-order valence-electron chi connectivity index (χ0n) is 10.1. The van der Waals surface area contributed by atoms with E-state index >= 15 is 0 Å². The van der Waals surface area contributed by atoms with Gasteiger partial charge in [-0.15, -0.1) is 0 Å². The Labute approximate surface area is 100 Å². The number of hydrogen-bond acceptors (Lipinski definition) is 4. The average Bonchev–Trinajstić information content (AvgIpc) is 2.69. The summed E-state index contributed by atoms with van der Waals surface area (Å²) in [7, 11) is 0. The van der Waals surface area contributed by atoms with Crippen molar-refractivity contribution in [2.24, 2.45) is 5.92 Å². The average molecular weight is 235 g/mol. The van der Waals surface area contributed by atoms with E-state index in [9.17, 15) is 4.79 Å². The summed E-state index contributed by atoms with van der Waals surface area (Å²) in [4.78, 5) is 13.7. The predicted molar refractivity (Wildman–Crippen MR) is 64.0 cm³/mol. The minimum absolute atomic E-state index is 0.168. The largest absolute Gasteiger partial charge is 0.382 e. The number of nitriles is 1. The van der Waals surface area contributed by atoms with Crippen LogP contribution in [0.4, 0.5) is 5.82 Å². The van der Waals surface area contributed by atoms with Gasteiger partial charge in [0.1, 0.15) is 11.5 Å². The Morgan fingerprint density at radius 2 is 2.41 bits per heavy atom. The van der Waals surface area contributed by atoms with E-state index in [4.69, 9.17) is 11.0 Å². The molecule has 0 bridgehead atoms. The van der Waals surface area contributed by atoms with Gasteiger partial charge in [0.15, 0.2) is 0 Å². The maximum Gasteiger partial charge on any atom is 0.271 e. The number of aromatic nitrogens is 2. The number of carbonyl (C=O) groups excluding carboxylic acids is 1. The second-order valence-corrected chi connectivity index (χ2v) is 4.26. The van der Waals surface area contributed by atoms with E-state index in [-0.39, 0.29) is 11.7 Å². The van der Waals surface area contributed by atoms with Crippen LogP contribution in [0.2, 0.25) is 0 Å². The first-order valence-electron chi connectivity index (χ1n) is 5.51. The third-order valence-corrected chi connectivity index (χ3v) is 2.19. The van der Waals surface area contributed by atoms with Gasteiger partial charge in [-0.2, -0.15) is 10.4 Å². The van der Waals surface area contributed by atoms with Crippen molar-refractivity contribution in [3.8, 4) is 6.07 Å². The SMILES string of the molecule is CC(C)CN(CCC#N)C(=O)c1cc(N)n[nH]1. The monoisotopic (exact) mass is 235 g/mol. The molecule has 0 unspecified atom stereocenters. The van der Waals surface area contributed by atoms with Crippen LogP contribution >= 0.6 is 0 Å². The summed E-state index contributed by atoms with van der Waals surface area (Å²) in [6.45, 7) is 5.08. The summed E-state index contributed by atoms with van der Waals surface area (Å²) in [5.41, 5.74) is 5.81. The lowest BCUT2D eigenvalue weighted by molar-refractivity contribution is 0.0734. The van der Waals surface area contributed by atoms with E-state index < -0.39 is 0 Å². The molecule has 1 aromatic rings. The number of nitrogen functional groups attached to an aromatic ring is 1. The minimum atomic E-state index is -0.168. The molecule has 17 heavy (non-hydrogen) atoms. The van der Waals surface area contributed by atoms with Crippen molar-refractivity contribution in [2.45, 2.75) is 20.3 Å². The van der Waals surface area contributed by atoms with Crippen molar-refractivity contribution in [3.05, 3.63) is 11.8 Å². The zero-order valence-corrected chi connectivity index (χ0v) is 10.1. The molecule has 1 aromatic heterocycles. The number of anilines is 1. The molecule has 0 aliphatic heterocycles. The molecule has 0 radical (unpaired) electrons. The summed E-state index contributed by atoms with van der Waals surface area (Å²) in [6.07, 6.45) is 0.322. The van der Waals surface area contributed by atoms with E-state index in [0.29, 0.717) is 31.1 Å². The predicted octanol–water partition coefficient (Wildman–Crippen LogP) is 1.00. The van der Waals surface area contributed by atoms with Crippen LogP contribution in [0.25, 0.3) is 0 Å². The number of carbonyl (C=O) groups is 1. The Balaban J connectivity index is 2.75. The molecule has 92 valence electrons. The molecule has 1 amide bonds. The molecule has 3 N–H and O–H groups in total. The van der Waals surface area contributed by atoms with Crippen molar-refractivity contribution in [1.29, 1.82) is 5.26 Å². The molecular weight excluding hydrogens is 218 g/mol. The van der Waals surface area contributed by atoms with Gasteiger partial charge in [0.25, 0.3) is 5.91 Å². The van der Waals surface area contributed by atoms with E-state index in [1.165, 1.54) is 6.07 Å². The standard InChI is InChI=1S/C11H17N5O/c1-8(2)7-16(5-3-4-12)11(17)9-6-10(13)15-14-9/h6,8H,3,5,7H2,1-2H3,(H3,13,14,15). The molecule has 0 fully saturated rings. The highest BCUT2D eigenvalue weighted by Gasteiger charge is 2.18. The number of amides is 1. The Morgan fingerprint density at radius 3 is 2.88 bits per heavy atom. The lowest BCUT2D eigenvalue weighted by Crippen LogP contribution is -2.35. The summed E-state index contributed by atoms with van der Waals surface area (Å²) < 4.78 is 0. The van der Waals surface area contributed by atoms with E-state index in [1.54, 1.807) is 4.90 Å². The van der Waals surface area contributed by atoms with E-state index in [1.807, 2.05) is 19.9 Å². The first kappa shape index (κ1) is 13.0. The number of rotatable bonds is 5. The normalized spacial score (nSPS) is 10.2. The van der Waals surface area contributed by atoms with Crippen LogP contribution in [0, 0.1) is 17.2 Å².